The van der Waals surface area contributed by atoms with Gasteiger partial charge < -0.3 is 131 Å². The molecule has 0 saturated heterocycles. The molecule has 0 aliphatic carbocycles. The molecule has 37 N–H and O–H groups in total. The van der Waals surface area contributed by atoms with Gasteiger partial charge in [-0.15, -0.1) is 0 Å². The minimum Gasteiger partial charge on any atom is -0.481 e. The molecule has 96 heavy (non-hydrogen) atoms. The Morgan fingerprint density at radius 3 is 0.844 bits per heavy atom. The second-order valence-corrected chi connectivity index (χ2v) is 23.4. The number of hydrogen-bond acceptors (Lipinski definition) is 19. The SMILES string of the molecule is CC(C)CC(N)C(=O)NC(CCCNC(=N)N)C(=O)NC(CCCNC(=N)N)C(=O)NC(CCC(=O)O)C(=O)NC(CCCNC(=N)N)C(=O)NC(CCC(N)=O)C(=O)NC(CO)C(=O)NC(CCCNC(=N)N)C(=O)NC(CC(C)C)C(=O)NC(CCCNC(=N)N)C(N)=O. The number of aliphatic hydroxyl groups is 1. The molecule has 0 aromatic rings. The van der Waals surface area contributed by atoms with Gasteiger partial charge in [-0.3, -0.25) is 84.6 Å². The molecule has 10 atom stereocenters. The summed E-state index contributed by atoms with van der Waals surface area (Å²) in [5.74, 6) is -14.8. The van der Waals surface area contributed by atoms with Gasteiger partial charge in [0.1, 0.15) is 54.4 Å². The first-order valence-corrected chi connectivity index (χ1v) is 31.3. The van der Waals surface area contributed by atoms with Crippen molar-refractivity contribution in [1.82, 2.24) is 74.4 Å². The van der Waals surface area contributed by atoms with E-state index in [9.17, 15) is 67.7 Å². The Bertz CT molecular complexity index is 2650. The lowest BCUT2D eigenvalue weighted by atomic mass is 10.0. The maximum absolute atomic E-state index is 14.4. The fourth-order valence-electron chi connectivity index (χ4n) is 9.07. The molecule has 0 aromatic carbocycles. The van der Waals surface area contributed by atoms with Crippen molar-refractivity contribution in [3.8, 4) is 0 Å². The van der Waals surface area contributed by atoms with Gasteiger partial charge in [-0.2, -0.15) is 0 Å². The van der Waals surface area contributed by atoms with Crippen LogP contribution in [0.15, 0.2) is 0 Å². The van der Waals surface area contributed by atoms with Crippen LogP contribution in [0.25, 0.3) is 0 Å². The van der Waals surface area contributed by atoms with Crippen LogP contribution in [0.4, 0.5) is 0 Å². The third kappa shape index (κ3) is 39.5. The van der Waals surface area contributed by atoms with E-state index in [4.69, 9.17) is 72.9 Å². The van der Waals surface area contributed by atoms with Crippen LogP contribution in [-0.2, 0) is 57.5 Å². The minimum absolute atomic E-state index is 0.00162. The first-order valence-electron chi connectivity index (χ1n) is 31.3. The molecule has 0 aliphatic rings. The highest BCUT2D eigenvalue weighted by Crippen LogP contribution is 2.12. The summed E-state index contributed by atoms with van der Waals surface area (Å²) in [5.41, 5.74) is 44.2. The van der Waals surface area contributed by atoms with E-state index in [1.807, 2.05) is 13.8 Å². The van der Waals surface area contributed by atoms with Gasteiger partial charge in [0.25, 0.3) is 0 Å². The average molecular weight is 1370 g/mol. The van der Waals surface area contributed by atoms with Crippen molar-refractivity contribution < 1.29 is 67.7 Å². The molecule has 0 bridgehead atoms. The normalized spacial score (nSPS) is 14.0. The van der Waals surface area contributed by atoms with Crippen molar-refractivity contribution in [2.24, 2.45) is 57.7 Å². The lowest BCUT2D eigenvalue weighted by Gasteiger charge is -2.28. The Morgan fingerprint density at radius 1 is 0.333 bits per heavy atom. The molecule has 10 unspecified atom stereocenters. The second-order valence-electron chi connectivity index (χ2n) is 23.4. The summed E-state index contributed by atoms with van der Waals surface area (Å²) in [6.07, 6.45) is -2.67. The highest BCUT2D eigenvalue weighted by Gasteiger charge is 2.36. The summed E-state index contributed by atoms with van der Waals surface area (Å²) in [6, 6.07) is -15.2. The average Bonchev–Trinajstić information content (AvgIpc) is 0.994. The topological polar surface area (TPSA) is 741 Å². The largest absolute Gasteiger partial charge is 0.481 e. The van der Waals surface area contributed by atoms with E-state index in [-0.39, 0.29) is 134 Å². The second kappa shape index (κ2) is 46.9. The third-order valence-corrected chi connectivity index (χ3v) is 13.9. The Labute approximate surface area is 556 Å². The molecule has 0 aliphatic heterocycles. The number of aliphatic carboxylic acids is 1. The van der Waals surface area contributed by atoms with Crippen LogP contribution in [0.1, 0.15) is 130 Å². The summed E-state index contributed by atoms with van der Waals surface area (Å²) >= 11 is 0. The molecule has 41 heteroatoms. The summed E-state index contributed by atoms with van der Waals surface area (Å²) in [6.45, 7) is 6.15. The first-order chi connectivity index (χ1) is 45.0. The Kier molecular flexibility index (Phi) is 42.0. The van der Waals surface area contributed by atoms with Crippen LogP contribution in [0.5, 0.6) is 0 Å². The van der Waals surface area contributed by atoms with Crippen LogP contribution < -0.4 is 120 Å². The third-order valence-electron chi connectivity index (χ3n) is 13.9. The molecule has 0 saturated carbocycles. The van der Waals surface area contributed by atoms with Crippen molar-refractivity contribution in [2.45, 2.75) is 191 Å². The zero-order valence-electron chi connectivity index (χ0n) is 54.9. The van der Waals surface area contributed by atoms with Gasteiger partial charge >= 0.3 is 5.97 Å². The highest BCUT2D eigenvalue weighted by atomic mass is 16.4. The number of hydrogen-bond donors (Lipinski definition) is 29. The maximum Gasteiger partial charge on any atom is 0.303 e. The molecule has 0 fully saturated rings. The van der Waals surface area contributed by atoms with Crippen LogP contribution >= 0.6 is 0 Å². The number of primary amides is 2. The quantitative estimate of drug-likeness (QED) is 0.0153. The fraction of sp³-hybridized carbons (Fsp3) is 0.691. The first kappa shape index (κ1) is 85.9. The molecular weight excluding hydrogens is 1260 g/mol. The van der Waals surface area contributed by atoms with Crippen molar-refractivity contribution in [3.05, 3.63) is 0 Å². The molecule has 0 heterocycles. The van der Waals surface area contributed by atoms with Crippen molar-refractivity contribution in [3.63, 3.8) is 0 Å². The molecule has 0 rings (SSSR count). The molecular formula is C55H105N27O14. The monoisotopic (exact) mass is 1370 g/mol. The molecule has 11 amide bonds. The molecule has 41 nitrogen and oxygen atoms in total. The van der Waals surface area contributed by atoms with E-state index in [2.05, 4.69) is 74.4 Å². The van der Waals surface area contributed by atoms with Crippen LogP contribution in [-0.4, -0.2) is 211 Å². The van der Waals surface area contributed by atoms with E-state index in [0.717, 1.165) is 0 Å². The van der Waals surface area contributed by atoms with Gasteiger partial charge in [-0.1, -0.05) is 27.7 Å². The molecule has 0 radical (unpaired) electrons. The summed E-state index contributed by atoms with van der Waals surface area (Å²) in [7, 11) is 0. The predicted molar refractivity (Wildman–Crippen MR) is 352 cm³/mol. The van der Waals surface area contributed by atoms with Gasteiger partial charge in [0, 0.05) is 45.6 Å². The zero-order chi connectivity index (χ0) is 73.2. The Hall–Kier alpha value is -10.1. The van der Waals surface area contributed by atoms with Gasteiger partial charge in [0.05, 0.1) is 12.6 Å². The molecule has 0 spiro atoms. The van der Waals surface area contributed by atoms with Crippen molar-refractivity contribution >= 4 is 101 Å². The van der Waals surface area contributed by atoms with Crippen LogP contribution in [0, 0.1) is 38.9 Å². The van der Waals surface area contributed by atoms with Gasteiger partial charge in [-0.05, 0) is 102 Å². The van der Waals surface area contributed by atoms with Gasteiger partial charge in [-0.25, -0.2) is 0 Å². The van der Waals surface area contributed by atoms with E-state index in [1.165, 1.54) is 0 Å². The summed E-state index contributed by atoms with van der Waals surface area (Å²) < 4.78 is 0. The molecule has 0 aromatic heterocycles. The number of carbonyl (C=O) groups excluding carboxylic acids is 11. The number of carboxylic acids is 1. The minimum atomic E-state index is -1.92. The zero-order valence-corrected chi connectivity index (χ0v) is 54.9. The smallest absolute Gasteiger partial charge is 0.303 e. The van der Waals surface area contributed by atoms with Gasteiger partial charge in [0.2, 0.25) is 65.0 Å². The van der Waals surface area contributed by atoms with Crippen molar-refractivity contribution in [2.75, 3.05) is 39.3 Å². The molecule has 544 valence electrons. The summed E-state index contributed by atoms with van der Waals surface area (Å²) in [4.78, 5) is 163. The maximum atomic E-state index is 14.4. The van der Waals surface area contributed by atoms with Gasteiger partial charge in [0.15, 0.2) is 29.8 Å². The highest BCUT2D eigenvalue weighted by molar-refractivity contribution is 5.99. The number of nitrogens with one attached hydrogen (secondary N) is 19. The number of rotatable bonds is 50. The van der Waals surface area contributed by atoms with Crippen molar-refractivity contribution in [1.29, 1.82) is 27.0 Å². The number of aliphatic hydroxyl groups excluding tert-OH is 1. The van der Waals surface area contributed by atoms with E-state index < -0.39 is 182 Å². The van der Waals surface area contributed by atoms with E-state index in [0.29, 0.717) is 0 Å². The number of carbonyl (C=O) groups is 12. The number of nitrogens with two attached hydrogens (primary N) is 8. The number of amides is 11. The predicted octanol–water partition coefficient (Wildman–Crippen LogP) is -9.31. The number of carboxylic acid groups (broad SMARTS) is 1. The number of guanidine groups is 5. The Morgan fingerprint density at radius 2 is 0.573 bits per heavy atom. The van der Waals surface area contributed by atoms with Crippen LogP contribution in [0.3, 0.4) is 0 Å². The van der Waals surface area contributed by atoms with E-state index >= 15 is 0 Å². The summed E-state index contributed by atoms with van der Waals surface area (Å²) in [5, 5.41) is 92.7. The standard InChI is InChI=1S/C55H105N27O14/c1-27(2)24-29(56)42(88)75-31(11-6-20-70-52(61)62)43(89)76-32(12-7-21-71-53(63)64)45(91)80-36(16-18-40(85)86)47(93)77-33(13-8-22-72-54(65)66)44(90)79-35(15-17-39(57)84)48(94)82-38(26-83)50(96)78-34(14-9-23-73-55(67)68)46(92)81-37(25-28(3)4)49(95)74-30(41(58)87)10-5-19-69-51(59)60/h27-38,83H,5-26,56H2,1-4H3,(H2,57,84)(H2,58,87)(H,74,95)(H,75,88)(H,76,89)(H,77,93)(H,78,96)(H,79,90)(H,80,91)(H,81,92)(H,82,94)(H,85,86)(H4,59,60,69)(H4,61,62,70)(H4,63,64,71)(H4,65,66,72)(H4,67,68,73). The van der Waals surface area contributed by atoms with E-state index in [1.54, 1.807) is 13.8 Å². The Balaban J connectivity index is 7.26. The lowest BCUT2D eigenvalue weighted by Crippen LogP contribution is -2.61. The lowest BCUT2D eigenvalue weighted by molar-refractivity contribution is -0.139. The van der Waals surface area contributed by atoms with Crippen LogP contribution in [0.2, 0.25) is 0 Å². The fourth-order valence-corrected chi connectivity index (χ4v) is 9.07.